The lowest BCUT2D eigenvalue weighted by atomic mass is 10.1. The van der Waals surface area contributed by atoms with Crippen molar-refractivity contribution in [2.24, 2.45) is 5.10 Å². The normalized spacial score (nSPS) is 10.7. The van der Waals surface area contributed by atoms with E-state index in [1.54, 1.807) is 30.3 Å². The number of esters is 1. The number of carbonyl (C=O) groups is 2. The number of amides is 1. The van der Waals surface area contributed by atoms with Gasteiger partial charge in [0.15, 0.2) is 6.61 Å². The average molecular weight is 448 g/mol. The quantitative estimate of drug-likeness (QED) is 0.207. The van der Waals surface area contributed by atoms with Crippen LogP contribution in [0.25, 0.3) is 0 Å². The van der Waals surface area contributed by atoms with Gasteiger partial charge < -0.3 is 9.47 Å². The van der Waals surface area contributed by atoms with E-state index in [1.807, 2.05) is 24.3 Å². The molecule has 7 heteroatoms. The minimum atomic E-state index is -0.780. The Morgan fingerprint density at radius 3 is 2.36 bits per heavy atom. The fourth-order valence-corrected chi connectivity index (χ4v) is 2.90. The van der Waals surface area contributed by atoms with E-state index in [0.29, 0.717) is 11.3 Å². The van der Waals surface area contributed by atoms with Crippen LogP contribution in [-0.4, -0.2) is 24.7 Å². The van der Waals surface area contributed by atoms with Crippen LogP contribution in [-0.2, 0) is 11.2 Å². The predicted molar refractivity (Wildman–Crippen MR) is 124 cm³/mol. The van der Waals surface area contributed by atoms with Crippen LogP contribution in [0.5, 0.6) is 11.5 Å². The first-order valence-corrected chi connectivity index (χ1v) is 10.7. The molecule has 3 aromatic rings. The zero-order valence-electron chi connectivity index (χ0n) is 18.3. The molecule has 3 rings (SSSR count). The number of hydrogen-bond donors (Lipinski definition) is 1. The van der Waals surface area contributed by atoms with Crippen molar-refractivity contribution in [3.05, 3.63) is 95.3 Å². The summed E-state index contributed by atoms with van der Waals surface area (Å²) in [6.07, 6.45) is 4.76. The van der Waals surface area contributed by atoms with E-state index in [4.69, 9.17) is 9.47 Å². The third-order valence-electron chi connectivity index (χ3n) is 4.70. The molecule has 0 spiro atoms. The summed E-state index contributed by atoms with van der Waals surface area (Å²) in [6.45, 7) is 2.00. The number of hydrazone groups is 1. The topological polar surface area (TPSA) is 77.0 Å². The van der Waals surface area contributed by atoms with Crippen molar-refractivity contribution in [2.75, 3.05) is 6.61 Å². The van der Waals surface area contributed by atoms with Gasteiger partial charge in [0.2, 0.25) is 0 Å². The van der Waals surface area contributed by atoms with E-state index in [0.717, 1.165) is 19.3 Å². The number of aryl methyl sites for hydroxylation is 1. The zero-order chi connectivity index (χ0) is 23.5. The SMILES string of the molecule is CCCCc1ccc(OCC(=O)N/N=C\c2ccc(OC(=O)c3ccccc3F)cc2)cc1. The summed E-state index contributed by atoms with van der Waals surface area (Å²) in [5, 5.41) is 3.89. The van der Waals surface area contributed by atoms with Crippen LogP contribution >= 0.6 is 0 Å². The summed E-state index contributed by atoms with van der Waals surface area (Å²) in [7, 11) is 0. The van der Waals surface area contributed by atoms with Crippen LogP contribution in [0.2, 0.25) is 0 Å². The number of rotatable bonds is 10. The molecule has 0 aromatic heterocycles. The van der Waals surface area contributed by atoms with Crippen LogP contribution in [0.15, 0.2) is 77.9 Å². The van der Waals surface area contributed by atoms with E-state index < -0.39 is 17.7 Å². The first kappa shape index (κ1) is 23.7. The number of benzene rings is 3. The van der Waals surface area contributed by atoms with Crippen molar-refractivity contribution in [2.45, 2.75) is 26.2 Å². The summed E-state index contributed by atoms with van der Waals surface area (Å²) in [6, 6.07) is 19.7. The molecule has 0 atom stereocenters. The van der Waals surface area contributed by atoms with Gasteiger partial charge in [0.05, 0.1) is 11.8 Å². The monoisotopic (exact) mass is 448 g/mol. The summed E-state index contributed by atoms with van der Waals surface area (Å²) >= 11 is 0. The standard InChI is InChI=1S/C26H25FN2O4/c1-2-3-6-19-9-13-21(14-10-19)32-18-25(30)29-28-17-20-11-15-22(16-12-20)33-26(31)23-7-4-5-8-24(23)27/h4-5,7-17H,2-3,6,18H2,1H3,(H,29,30)/b28-17-. The summed E-state index contributed by atoms with van der Waals surface area (Å²) in [5.74, 6) is -0.933. The summed E-state index contributed by atoms with van der Waals surface area (Å²) in [5.41, 5.74) is 4.17. The first-order valence-electron chi connectivity index (χ1n) is 10.7. The van der Waals surface area contributed by atoms with E-state index >= 15 is 0 Å². The first-order chi connectivity index (χ1) is 16.0. The summed E-state index contributed by atoms with van der Waals surface area (Å²) < 4.78 is 24.3. The molecule has 0 aliphatic rings. The minimum absolute atomic E-state index is 0.138. The molecule has 170 valence electrons. The molecule has 33 heavy (non-hydrogen) atoms. The van der Waals surface area contributed by atoms with Gasteiger partial charge in [-0.05, 0) is 72.5 Å². The van der Waals surface area contributed by atoms with Gasteiger partial charge in [-0.25, -0.2) is 14.6 Å². The maximum atomic E-state index is 13.7. The Morgan fingerprint density at radius 1 is 0.970 bits per heavy atom. The van der Waals surface area contributed by atoms with Gasteiger partial charge >= 0.3 is 5.97 Å². The molecule has 0 bridgehead atoms. The Hall–Kier alpha value is -4.00. The number of unbranched alkanes of at least 4 members (excludes halogenated alkanes) is 1. The number of carbonyl (C=O) groups excluding carboxylic acids is 2. The third-order valence-corrected chi connectivity index (χ3v) is 4.70. The van der Waals surface area contributed by atoms with Crippen molar-refractivity contribution in [1.29, 1.82) is 0 Å². The molecular formula is C26H25FN2O4. The maximum absolute atomic E-state index is 13.7. The molecule has 1 N–H and O–H groups in total. The van der Waals surface area contributed by atoms with E-state index in [1.165, 1.54) is 30.0 Å². The second kappa shape index (κ2) is 12.1. The third kappa shape index (κ3) is 7.57. The Morgan fingerprint density at radius 2 is 1.67 bits per heavy atom. The van der Waals surface area contributed by atoms with Crippen molar-refractivity contribution in [3.63, 3.8) is 0 Å². The molecule has 0 aliphatic carbocycles. The van der Waals surface area contributed by atoms with E-state index in [2.05, 4.69) is 17.5 Å². The fraction of sp³-hybridized carbons (Fsp3) is 0.192. The highest BCUT2D eigenvalue weighted by molar-refractivity contribution is 5.91. The number of nitrogens with one attached hydrogen (secondary N) is 1. The van der Waals surface area contributed by atoms with Gasteiger partial charge in [-0.2, -0.15) is 5.10 Å². The lowest BCUT2D eigenvalue weighted by molar-refractivity contribution is -0.123. The van der Waals surface area contributed by atoms with E-state index in [9.17, 15) is 14.0 Å². The van der Waals surface area contributed by atoms with Gasteiger partial charge in [-0.3, -0.25) is 4.79 Å². The second-order valence-electron chi connectivity index (χ2n) is 7.27. The van der Waals surface area contributed by atoms with Crippen LogP contribution in [0.4, 0.5) is 4.39 Å². The van der Waals surface area contributed by atoms with Crippen LogP contribution in [0.1, 0.15) is 41.3 Å². The Labute approximate surface area is 192 Å². The van der Waals surface area contributed by atoms with Crippen LogP contribution in [0.3, 0.4) is 0 Å². The highest BCUT2D eigenvalue weighted by atomic mass is 19.1. The molecule has 1 amide bonds. The second-order valence-corrected chi connectivity index (χ2v) is 7.27. The van der Waals surface area contributed by atoms with Gasteiger partial charge in [-0.15, -0.1) is 0 Å². The lowest BCUT2D eigenvalue weighted by Crippen LogP contribution is -2.24. The molecule has 0 saturated carbocycles. The molecule has 0 aliphatic heterocycles. The average Bonchev–Trinajstić information content (AvgIpc) is 2.83. The van der Waals surface area contributed by atoms with Crippen molar-refractivity contribution >= 4 is 18.1 Å². The fourth-order valence-electron chi connectivity index (χ4n) is 2.90. The maximum Gasteiger partial charge on any atom is 0.346 e. The van der Waals surface area contributed by atoms with Crippen molar-refractivity contribution < 1.29 is 23.5 Å². The van der Waals surface area contributed by atoms with Crippen LogP contribution < -0.4 is 14.9 Å². The lowest BCUT2D eigenvalue weighted by Gasteiger charge is -2.06. The summed E-state index contributed by atoms with van der Waals surface area (Å²) in [4.78, 5) is 24.0. The number of halogens is 1. The minimum Gasteiger partial charge on any atom is -0.484 e. The Bertz CT molecular complexity index is 1100. The smallest absolute Gasteiger partial charge is 0.346 e. The zero-order valence-corrected chi connectivity index (χ0v) is 18.3. The molecule has 0 saturated heterocycles. The predicted octanol–water partition coefficient (Wildman–Crippen LogP) is 4.92. The van der Waals surface area contributed by atoms with Crippen molar-refractivity contribution in [1.82, 2.24) is 5.43 Å². The molecule has 0 fully saturated rings. The Balaban J connectivity index is 1.43. The highest BCUT2D eigenvalue weighted by Gasteiger charge is 2.13. The molecule has 6 nitrogen and oxygen atoms in total. The van der Waals surface area contributed by atoms with Gasteiger partial charge in [-0.1, -0.05) is 37.6 Å². The largest absolute Gasteiger partial charge is 0.484 e. The molecule has 0 heterocycles. The van der Waals surface area contributed by atoms with Gasteiger partial charge in [0.25, 0.3) is 5.91 Å². The number of hydrogen-bond acceptors (Lipinski definition) is 5. The van der Waals surface area contributed by atoms with Gasteiger partial charge in [0, 0.05) is 0 Å². The van der Waals surface area contributed by atoms with Gasteiger partial charge in [0.1, 0.15) is 17.3 Å². The molecule has 0 unspecified atom stereocenters. The Kier molecular flexibility index (Phi) is 8.71. The van der Waals surface area contributed by atoms with E-state index in [-0.39, 0.29) is 17.9 Å². The molecule has 3 aromatic carbocycles. The molecular weight excluding hydrogens is 423 g/mol. The van der Waals surface area contributed by atoms with Crippen LogP contribution in [0, 0.1) is 5.82 Å². The number of nitrogens with zero attached hydrogens (tertiary/aromatic N) is 1. The molecule has 0 radical (unpaired) electrons. The highest BCUT2D eigenvalue weighted by Crippen LogP contribution is 2.16. The van der Waals surface area contributed by atoms with Crippen molar-refractivity contribution in [3.8, 4) is 11.5 Å². The number of ether oxygens (including phenoxy) is 2.